The van der Waals surface area contributed by atoms with Crippen LogP contribution in [0.4, 0.5) is 4.39 Å². The van der Waals surface area contributed by atoms with E-state index in [2.05, 4.69) is 33.4 Å². The van der Waals surface area contributed by atoms with Crippen LogP contribution in [0.25, 0.3) is 21.9 Å². The first-order valence-electron chi connectivity index (χ1n) is 11.7. The van der Waals surface area contributed by atoms with Crippen LogP contribution in [-0.2, 0) is 18.7 Å². The van der Waals surface area contributed by atoms with Crippen molar-refractivity contribution in [3.63, 3.8) is 0 Å². The molecule has 5 heterocycles. The maximum Gasteiger partial charge on any atom is 0.251 e. The molecule has 174 valence electrons. The summed E-state index contributed by atoms with van der Waals surface area (Å²) in [6.07, 6.45) is 2.98. The number of aromatic nitrogens is 3. The van der Waals surface area contributed by atoms with Gasteiger partial charge in [0.05, 0.1) is 40.5 Å². The number of pyridine rings is 3. The number of nitrogens with one attached hydrogen (secondary N) is 1. The van der Waals surface area contributed by atoms with Gasteiger partial charge in [-0.05, 0) is 44.1 Å². The summed E-state index contributed by atoms with van der Waals surface area (Å²) >= 11 is 0. The minimum Gasteiger partial charge on any atom is -0.382 e. The molecular weight excluding hydrogens is 433 g/mol. The van der Waals surface area contributed by atoms with Gasteiger partial charge >= 0.3 is 0 Å². The molecule has 0 radical (unpaired) electrons. The number of fused-ring (bicyclic) bond motifs is 1. The largest absolute Gasteiger partial charge is 0.382 e. The Kier molecular flexibility index (Phi) is 5.17. The predicted octanol–water partition coefficient (Wildman–Crippen LogP) is 2.54. The molecule has 1 saturated heterocycles. The lowest BCUT2D eigenvalue weighted by Crippen LogP contribution is -2.48. The molecule has 0 saturated carbocycles. The Labute approximate surface area is 195 Å². The fourth-order valence-electron chi connectivity index (χ4n) is 5.43. The molecule has 0 spiro atoms. The number of rotatable bonds is 5. The van der Waals surface area contributed by atoms with Gasteiger partial charge in [0.1, 0.15) is 11.4 Å². The predicted molar refractivity (Wildman–Crippen MR) is 128 cm³/mol. The Balaban J connectivity index is 1.11. The average Bonchev–Trinajstić information content (AvgIpc) is 3.17. The Hall–Kier alpha value is -3.20. The smallest absolute Gasteiger partial charge is 0.251 e. The lowest BCUT2D eigenvalue weighted by molar-refractivity contribution is -0.0159. The van der Waals surface area contributed by atoms with Gasteiger partial charge in [-0.15, -0.1) is 0 Å². The molecule has 1 atom stereocenters. The second kappa shape index (κ2) is 8.23. The number of hydrogen-bond donors (Lipinski definition) is 2. The quantitative estimate of drug-likeness (QED) is 0.477. The maximum absolute atomic E-state index is 14.8. The Bertz CT molecular complexity index is 1450. The van der Waals surface area contributed by atoms with Gasteiger partial charge in [0.2, 0.25) is 0 Å². The molecule has 2 aliphatic heterocycles. The Morgan fingerprint density at radius 3 is 2.76 bits per heavy atom. The first-order valence-corrected chi connectivity index (χ1v) is 11.7. The summed E-state index contributed by atoms with van der Waals surface area (Å²) in [5, 5.41) is 16.2. The number of piperidine rings is 1. The van der Waals surface area contributed by atoms with E-state index in [1.165, 1.54) is 10.6 Å². The maximum atomic E-state index is 14.8. The third kappa shape index (κ3) is 3.68. The monoisotopic (exact) mass is 459 g/mol. The van der Waals surface area contributed by atoms with E-state index in [1.807, 2.05) is 18.2 Å². The van der Waals surface area contributed by atoms with Gasteiger partial charge in [-0.1, -0.05) is 24.3 Å². The summed E-state index contributed by atoms with van der Waals surface area (Å²) in [5.41, 5.74) is 1.45. The first kappa shape index (κ1) is 21.3. The summed E-state index contributed by atoms with van der Waals surface area (Å²) in [7, 11) is 0. The van der Waals surface area contributed by atoms with Crippen molar-refractivity contribution < 1.29 is 9.50 Å². The highest BCUT2D eigenvalue weighted by atomic mass is 19.1. The highest BCUT2D eigenvalue weighted by Crippen LogP contribution is 2.37. The molecule has 2 aliphatic rings. The molecule has 0 unspecified atom stereocenters. The molecule has 34 heavy (non-hydrogen) atoms. The van der Waals surface area contributed by atoms with E-state index in [4.69, 9.17) is 4.98 Å². The highest BCUT2D eigenvalue weighted by Gasteiger charge is 2.43. The van der Waals surface area contributed by atoms with Crippen molar-refractivity contribution in [2.45, 2.75) is 37.6 Å². The molecule has 0 aliphatic carbocycles. The van der Waals surface area contributed by atoms with E-state index in [1.54, 1.807) is 6.07 Å². The molecule has 7 nitrogen and oxygen atoms in total. The molecule has 6 rings (SSSR count). The van der Waals surface area contributed by atoms with Crippen molar-refractivity contribution in [1.82, 2.24) is 24.8 Å². The topological polar surface area (TPSA) is 83.3 Å². The van der Waals surface area contributed by atoms with E-state index in [9.17, 15) is 14.3 Å². The minimum absolute atomic E-state index is 0.0485. The number of para-hydroxylation sites is 1. The number of aliphatic hydroxyl groups is 1. The van der Waals surface area contributed by atoms with Gasteiger partial charge in [0, 0.05) is 30.6 Å². The number of hydrogen-bond acceptors (Lipinski definition) is 6. The molecule has 0 bridgehead atoms. The Morgan fingerprint density at radius 1 is 1.09 bits per heavy atom. The van der Waals surface area contributed by atoms with E-state index >= 15 is 0 Å². The fraction of sp³-hybridized carbons (Fsp3) is 0.346. The van der Waals surface area contributed by atoms with Crippen molar-refractivity contribution in [3.8, 4) is 0 Å². The van der Waals surface area contributed by atoms with Crippen LogP contribution in [0.2, 0.25) is 0 Å². The van der Waals surface area contributed by atoms with Crippen molar-refractivity contribution in [2.75, 3.05) is 19.6 Å². The van der Waals surface area contributed by atoms with Gasteiger partial charge in [0.15, 0.2) is 0 Å². The van der Waals surface area contributed by atoms with Gasteiger partial charge < -0.3 is 15.0 Å². The van der Waals surface area contributed by atoms with Gasteiger partial charge in [0.25, 0.3) is 5.56 Å². The molecular formula is C26H26FN5O2. The van der Waals surface area contributed by atoms with Crippen molar-refractivity contribution >= 4 is 21.9 Å². The molecule has 0 amide bonds. The van der Waals surface area contributed by atoms with Crippen LogP contribution in [-0.4, -0.2) is 50.2 Å². The average molecular weight is 460 g/mol. The molecule has 3 aromatic heterocycles. The number of halogens is 1. The van der Waals surface area contributed by atoms with Crippen LogP contribution in [0.1, 0.15) is 24.1 Å². The normalized spacial score (nSPS) is 21.0. The van der Waals surface area contributed by atoms with Crippen LogP contribution in [0, 0.1) is 5.82 Å². The molecule has 4 aromatic rings. The zero-order chi connectivity index (χ0) is 23.3. The number of nitrogens with zero attached hydrogens (tertiary/aromatic N) is 4. The van der Waals surface area contributed by atoms with E-state index in [-0.39, 0.29) is 24.2 Å². The molecule has 2 N–H and O–H groups in total. The van der Waals surface area contributed by atoms with Gasteiger partial charge in [-0.2, -0.15) is 0 Å². The second-order valence-electron chi connectivity index (χ2n) is 9.43. The standard InChI is InChI=1S/C26H26FN5O2/c27-20-14-29-22-7-8-23(33)32-16-26(34,24(20)25(22)32)15-31-11-9-18(10-12-31)28-13-19-6-5-17-3-1-2-4-21(17)30-19/h1-8,14,18,28,34H,9-13,15-16H2/t26-/m0/s1. The SMILES string of the molecule is O=c1ccc2ncc(F)c3c2n1C[C@@]3(O)CN1CCC(NCc2ccc3ccccc3n2)CC1. The second-order valence-corrected chi connectivity index (χ2v) is 9.43. The summed E-state index contributed by atoms with van der Waals surface area (Å²) < 4.78 is 16.2. The van der Waals surface area contributed by atoms with Crippen LogP contribution in [0.3, 0.4) is 0 Å². The summed E-state index contributed by atoms with van der Waals surface area (Å²) in [5.74, 6) is -0.564. The van der Waals surface area contributed by atoms with Crippen LogP contribution in [0.15, 0.2) is 59.5 Å². The van der Waals surface area contributed by atoms with Crippen LogP contribution >= 0.6 is 0 Å². The van der Waals surface area contributed by atoms with Gasteiger partial charge in [-0.25, -0.2) is 4.39 Å². The number of likely N-dealkylation sites (tertiary alicyclic amines) is 1. The van der Waals surface area contributed by atoms with Crippen molar-refractivity contribution in [1.29, 1.82) is 0 Å². The minimum atomic E-state index is -1.45. The third-order valence-electron chi connectivity index (χ3n) is 7.14. The van der Waals surface area contributed by atoms with Crippen molar-refractivity contribution in [2.24, 2.45) is 0 Å². The summed E-state index contributed by atoms with van der Waals surface area (Å²) in [6, 6.07) is 15.6. The van der Waals surface area contributed by atoms with E-state index in [0.717, 1.165) is 48.7 Å². The van der Waals surface area contributed by atoms with Crippen LogP contribution < -0.4 is 10.9 Å². The molecule has 8 heteroatoms. The zero-order valence-corrected chi connectivity index (χ0v) is 18.7. The van der Waals surface area contributed by atoms with Gasteiger partial charge in [-0.3, -0.25) is 19.7 Å². The fourth-order valence-corrected chi connectivity index (χ4v) is 5.43. The molecule has 1 aromatic carbocycles. The van der Waals surface area contributed by atoms with Crippen molar-refractivity contribution in [3.05, 3.63) is 82.2 Å². The lowest BCUT2D eigenvalue weighted by Gasteiger charge is -2.37. The summed E-state index contributed by atoms with van der Waals surface area (Å²) in [6.45, 7) is 2.60. The summed E-state index contributed by atoms with van der Waals surface area (Å²) in [4.78, 5) is 23.4. The van der Waals surface area contributed by atoms with E-state index in [0.29, 0.717) is 23.6 Å². The highest BCUT2D eigenvalue weighted by molar-refractivity contribution is 5.81. The third-order valence-corrected chi connectivity index (χ3v) is 7.14. The zero-order valence-electron chi connectivity index (χ0n) is 18.7. The molecule has 1 fully saturated rings. The number of benzene rings is 1. The first-order chi connectivity index (χ1) is 16.5. The lowest BCUT2D eigenvalue weighted by atomic mass is 9.93. The number of β-amino-alcohol motifs (C(OH)–C–C–N with tert-alkyl or cyclic N) is 1. The Morgan fingerprint density at radius 2 is 1.91 bits per heavy atom. The van der Waals surface area contributed by atoms with E-state index < -0.39 is 11.4 Å². The van der Waals surface area contributed by atoms with Crippen LogP contribution in [0.5, 0.6) is 0 Å².